The molecule has 0 fully saturated rings. The molecular weight excluding hydrogens is 384 g/mol. The predicted octanol–water partition coefficient (Wildman–Crippen LogP) is 3.78. The molecule has 0 bridgehead atoms. The second-order valence-corrected chi connectivity index (χ2v) is 6.37. The molecule has 1 heterocycles. The molecule has 2 amide bonds. The zero-order valence-corrected chi connectivity index (χ0v) is 16.5. The number of methoxy groups -OCH3 is 1. The van der Waals surface area contributed by atoms with E-state index in [4.69, 9.17) is 9.15 Å². The van der Waals surface area contributed by atoms with Gasteiger partial charge in [0.15, 0.2) is 0 Å². The second-order valence-electron chi connectivity index (χ2n) is 6.37. The van der Waals surface area contributed by atoms with Gasteiger partial charge in [0.05, 0.1) is 18.9 Å². The molecule has 2 N–H and O–H groups in total. The number of ether oxygens (including phenoxy) is 1. The van der Waals surface area contributed by atoms with E-state index < -0.39 is 17.8 Å². The normalized spacial score (nSPS) is 10.9. The van der Waals surface area contributed by atoms with Crippen molar-refractivity contribution in [1.29, 1.82) is 0 Å². The zero-order valence-electron chi connectivity index (χ0n) is 16.5. The summed E-state index contributed by atoms with van der Waals surface area (Å²) in [4.78, 5) is 37.3. The Kier molecular flexibility index (Phi) is 6.44. The number of amides is 2. The van der Waals surface area contributed by atoms with E-state index in [1.807, 2.05) is 0 Å². The van der Waals surface area contributed by atoms with Crippen molar-refractivity contribution in [2.24, 2.45) is 0 Å². The van der Waals surface area contributed by atoms with Crippen molar-refractivity contribution in [2.45, 2.75) is 6.92 Å². The Morgan fingerprint density at radius 2 is 1.73 bits per heavy atom. The van der Waals surface area contributed by atoms with Crippen LogP contribution in [0.2, 0.25) is 0 Å². The quantitative estimate of drug-likeness (QED) is 0.481. The maximum atomic E-state index is 13.0. The highest BCUT2D eigenvalue weighted by atomic mass is 16.5. The minimum Gasteiger partial charge on any atom is -0.465 e. The SMILES string of the molecule is COC(=O)c1ccc(C)c(NC(=O)C(=Cc2ccco2)NC(=O)c2ccccc2)c1. The molecule has 0 aliphatic heterocycles. The Balaban J connectivity index is 1.88. The monoisotopic (exact) mass is 404 g/mol. The molecule has 30 heavy (non-hydrogen) atoms. The molecule has 7 nitrogen and oxygen atoms in total. The van der Waals surface area contributed by atoms with Gasteiger partial charge in [-0.2, -0.15) is 0 Å². The summed E-state index contributed by atoms with van der Waals surface area (Å²) in [6, 6.07) is 16.7. The number of carbonyl (C=O) groups is 3. The molecule has 0 aliphatic carbocycles. The van der Waals surface area contributed by atoms with E-state index in [0.29, 0.717) is 22.6 Å². The van der Waals surface area contributed by atoms with Crippen LogP contribution in [-0.2, 0) is 9.53 Å². The molecular formula is C23H20N2O5. The maximum Gasteiger partial charge on any atom is 0.337 e. The zero-order chi connectivity index (χ0) is 21.5. The van der Waals surface area contributed by atoms with Crippen LogP contribution in [0.4, 0.5) is 5.69 Å². The number of carbonyl (C=O) groups excluding carboxylic acids is 3. The summed E-state index contributed by atoms with van der Waals surface area (Å²) >= 11 is 0. The Morgan fingerprint density at radius 1 is 0.967 bits per heavy atom. The van der Waals surface area contributed by atoms with E-state index in [0.717, 1.165) is 5.56 Å². The summed E-state index contributed by atoms with van der Waals surface area (Å²) in [5.74, 6) is -1.13. The van der Waals surface area contributed by atoms with Gasteiger partial charge in [0.25, 0.3) is 11.8 Å². The molecule has 1 aromatic heterocycles. The van der Waals surface area contributed by atoms with Crippen LogP contribution in [0.15, 0.2) is 77.0 Å². The van der Waals surface area contributed by atoms with Crippen molar-refractivity contribution < 1.29 is 23.5 Å². The highest BCUT2D eigenvalue weighted by molar-refractivity contribution is 6.11. The number of esters is 1. The molecule has 0 atom stereocenters. The number of nitrogens with one attached hydrogen (secondary N) is 2. The van der Waals surface area contributed by atoms with Gasteiger partial charge in [0.1, 0.15) is 11.5 Å². The number of anilines is 1. The summed E-state index contributed by atoms with van der Waals surface area (Å²) in [7, 11) is 1.28. The van der Waals surface area contributed by atoms with Crippen molar-refractivity contribution >= 4 is 29.5 Å². The third-order valence-corrected chi connectivity index (χ3v) is 4.27. The Labute approximate surface area is 173 Å². The Morgan fingerprint density at radius 3 is 2.40 bits per heavy atom. The smallest absolute Gasteiger partial charge is 0.337 e. The van der Waals surface area contributed by atoms with Gasteiger partial charge in [0, 0.05) is 17.3 Å². The van der Waals surface area contributed by atoms with Gasteiger partial charge in [-0.25, -0.2) is 4.79 Å². The fourth-order valence-corrected chi connectivity index (χ4v) is 2.65. The lowest BCUT2D eigenvalue weighted by Crippen LogP contribution is -2.31. The van der Waals surface area contributed by atoms with Crippen LogP contribution in [0, 0.1) is 6.92 Å². The number of benzene rings is 2. The third-order valence-electron chi connectivity index (χ3n) is 4.27. The average Bonchev–Trinajstić information content (AvgIpc) is 3.28. The molecule has 0 saturated heterocycles. The molecule has 3 rings (SSSR count). The summed E-state index contributed by atoms with van der Waals surface area (Å²) in [6.07, 6.45) is 2.89. The van der Waals surface area contributed by atoms with Gasteiger partial charge in [-0.05, 0) is 48.9 Å². The molecule has 7 heteroatoms. The van der Waals surface area contributed by atoms with E-state index >= 15 is 0 Å². The van der Waals surface area contributed by atoms with E-state index in [2.05, 4.69) is 10.6 Å². The van der Waals surface area contributed by atoms with E-state index in [-0.39, 0.29) is 5.70 Å². The number of furan rings is 1. The molecule has 0 unspecified atom stereocenters. The van der Waals surface area contributed by atoms with Gasteiger partial charge in [0.2, 0.25) is 0 Å². The minimum atomic E-state index is -0.569. The largest absolute Gasteiger partial charge is 0.465 e. The van der Waals surface area contributed by atoms with Gasteiger partial charge >= 0.3 is 5.97 Å². The van der Waals surface area contributed by atoms with Crippen LogP contribution in [0.5, 0.6) is 0 Å². The van der Waals surface area contributed by atoms with E-state index in [9.17, 15) is 14.4 Å². The van der Waals surface area contributed by atoms with Crippen molar-refractivity contribution in [1.82, 2.24) is 5.32 Å². The fraction of sp³-hybridized carbons (Fsp3) is 0.0870. The lowest BCUT2D eigenvalue weighted by molar-refractivity contribution is -0.113. The maximum absolute atomic E-state index is 13.0. The molecule has 0 aliphatic rings. The minimum absolute atomic E-state index is 0.0123. The van der Waals surface area contributed by atoms with Crippen molar-refractivity contribution in [2.75, 3.05) is 12.4 Å². The second kappa shape index (κ2) is 9.38. The van der Waals surface area contributed by atoms with Crippen molar-refractivity contribution in [3.63, 3.8) is 0 Å². The van der Waals surface area contributed by atoms with Crippen LogP contribution in [-0.4, -0.2) is 24.9 Å². The standard InChI is InChI=1S/C23H20N2O5/c1-15-10-11-17(23(28)29-2)13-19(15)24-22(27)20(14-18-9-6-12-30-18)25-21(26)16-7-4-3-5-8-16/h3-14H,1-2H3,(H,24,27)(H,25,26). The first-order valence-corrected chi connectivity index (χ1v) is 9.10. The van der Waals surface area contributed by atoms with Crippen LogP contribution in [0.1, 0.15) is 32.0 Å². The van der Waals surface area contributed by atoms with Crippen molar-refractivity contribution in [3.05, 3.63) is 95.1 Å². The topological polar surface area (TPSA) is 97.6 Å². The lowest BCUT2D eigenvalue weighted by atomic mass is 10.1. The molecule has 0 spiro atoms. The van der Waals surface area contributed by atoms with Crippen LogP contribution < -0.4 is 10.6 Å². The van der Waals surface area contributed by atoms with E-state index in [1.54, 1.807) is 61.5 Å². The van der Waals surface area contributed by atoms with Gasteiger partial charge in [-0.15, -0.1) is 0 Å². The Hall–Kier alpha value is -4.13. The van der Waals surface area contributed by atoms with Crippen LogP contribution >= 0.6 is 0 Å². The highest BCUT2D eigenvalue weighted by Crippen LogP contribution is 2.19. The molecule has 0 radical (unpaired) electrons. The van der Waals surface area contributed by atoms with Gasteiger partial charge < -0.3 is 19.8 Å². The van der Waals surface area contributed by atoms with Gasteiger partial charge in [-0.3, -0.25) is 9.59 Å². The number of aryl methyl sites for hydroxylation is 1. The Bertz CT molecular complexity index is 1090. The highest BCUT2D eigenvalue weighted by Gasteiger charge is 2.17. The summed E-state index contributed by atoms with van der Waals surface area (Å²) in [6.45, 7) is 1.79. The fourth-order valence-electron chi connectivity index (χ4n) is 2.65. The molecule has 0 saturated carbocycles. The summed E-state index contributed by atoms with van der Waals surface area (Å²) < 4.78 is 9.99. The molecule has 2 aromatic carbocycles. The van der Waals surface area contributed by atoms with Crippen LogP contribution in [0.25, 0.3) is 6.08 Å². The van der Waals surface area contributed by atoms with Crippen LogP contribution in [0.3, 0.4) is 0 Å². The van der Waals surface area contributed by atoms with Crippen molar-refractivity contribution in [3.8, 4) is 0 Å². The van der Waals surface area contributed by atoms with E-state index in [1.165, 1.54) is 25.5 Å². The number of hydrogen-bond donors (Lipinski definition) is 2. The van der Waals surface area contributed by atoms with Gasteiger partial charge in [-0.1, -0.05) is 24.3 Å². The first-order valence-electron chi connectivity index (χ1n) is 9.10. The average molecular weight is 404 g/mol. The molecule has 3 aromatic rings. The third kappa shape index (κ3) is 5.02. The number of rotatable bonds is 6. The number of hydrogen-bond acceptors (Lipinski definition) is 5. The first kappa shape index (κ1) is 20.6. The predicted molar refractivity (Wildman–Crippen MR) is 112 cm³/mol. The lowest BCUT2D eigenvalue weighted by Gasteiger charge is -2.13. The molecule has 152 valence electrons. The summed E-state index contributed by atoms with van der Waals surface area (Å²) in [5.41, 5.74) is 1.84. The first-order chi connectivity index (χ1) is 14.5. The summed E-state index contributed by atoms with van der Waals surface area (Å²) in [5, 5.41) is 5.35.